The molecule has 0 aliphatic carbocycles. The molecule has 23 heavy (non-hydrogen) atoms. The molecule has 0 N–H and O–H groups in total. The number of hydrogen-bond donors (Lipinski definition) is 0. The Kier molecular flexibility index (Phi) is 4.20. The van der Waals surface area contributed by atoms with E-state index < -0.39 is 9.84 Å². The van der Waals surface area contributed by atoms with E-state index in [1.807, 2.05) is 19.2 Å². The molecule has 7 heteroatoms. The summed E-state index contributed by atoms with van der Waals surface area (Å²) in [5.41, 5.74) is 1.07. The van der Waals surface area contributed by atoms with Gasteiger partial charge in [0, 0.05) is 46.0 Å². The van der Waals surface area contributed by atoms with Gasteiger partial charge in [0.15, 0.2) is 9.84 Å². The van der Waals surface area contributed by atoms with Crippen LogP contribution in [0.5, 0.6) is 0 Å². The van der Waals surface area contributed by atoms with Gasteiger partial charge in [-0.15, -0.1) is 0 Å². The van der Waals surface area contributed by atoms with Crippen molar-refractivity contribution in [3.63, 3.8) is 0 Å². The second kappa shape index (κ2) is 5.89. The highest BCUT2D eigenvalue weighted by Gasteiger charge is 2.51. The minimum Gasteiger partial charge on any atom is -0.371 e. The lowest BCUT2D eigenvalue weighted by atomic mass is 10.0. The second-order valence-electron chi connectivity index (χ2n) is 6.45. The summed E-state index contributed by atoms with van der Waals surface area (Å²) in [5, 5.41) is 0. The third kappa shape index (κ3) is 3.00. The molecule has 1 aromatic carbocycles. The number of ether oxygens (including phenoxy) is 1. The number of rotatable bonds is 4. The molecule has 1 amide bonds. The zero-order chi connectivity index (χ0) is 16.8. The molecule has 1 aromatic rings. The maximum atomic E-state index is 12.1. The number of likely N-dealkylation sites (N-methyl/N-ethyl adjacent to an activating group) is 1. The number of methoxy groups -OCH3 is 1. The van der Waals surface area contributed by atoms with Gasteiger partial charge in [-0.05, 0) is 17.7 Å². The van der Waals surface area contributed by atoms with Crippen molar-refractivity contribution in [1.82, 2.24) is 9.80 Å². The van der Waals surface area contributed by atoms with E-state index in [-0.39, 0.29) is 24.0 Å². The summed E-state index contributed by atoms with van der Waals surface area (Å²) in [7, 11) is 0.268. The Bertz CT molecular complexity index is 701. The van der Waals surface area contributed by atoms with Gasteiger partial charge >= 0.3 is 0 Å². The largest absolute Gasteiger partial charge is 0.371 e. The van der Waals surface area contributed by atoms with Crippen LogP contribution in [-0.4, -0.2) is 69.8 Å². The summed E-state index contributed by atoms with van der Waals surface area (Å²) in [4.78, 5) is 16.5. The number of benzene rings is 1. The highest BCUT2D eigenvalue weighted by molar-refractivity contribution is 7.90. The van der Waals surface area contributed by atoms with Crippen molar-refractivity contribution in [3.8, 4) is 0 Å². The van der Waals surface area contributed by atoms with Crippen molar-refractivity contribution in [1.29, 1.82) is 0 Å². The van der Waals surface area contributed by atoms with E-state index in [1.54, 1.807) is 24.1 Å². The molecule has 3 atom stereocenters. The van der Waals surface area contributed by atoms with Gasteiger partial charge in [-0.1, -0.05) is 12.1 Å². The minimum absolute atomic E-state index is 0.0691. The molecule has 6 nitrogen and oxygen atoms in total. The molecule has 0 spiro atoms. The first-order valence-corrected chi connectivity index (χ1v) is 9.51. The van der Waals surface area contributed by atoms with Gasteiger partial charge < -0.3 is 9.64 Å². The van der Waals surface area contributed by atoms with Crippen molar-refractivity contribution in [2.75, 3.05) is 33.5 Å². The molecule has 0 unspecified atom stereocenters. The Balaban J connectivity index is 1.68. The Morgan fingerprint density at radius 3 is 2.43 bits per heavy atom. The van der Waals surface area contributed by atoms with Crippen LogP contribution in [0.4, 0.5) is 0 Å². The Labute approximate surface area is 136 Å². The number of fused-ring (bicyclic) bond motifs is 1. The molecular formula is C16H22N2O4S. The zero-order valence-corrected chi connectivity index (χ0v) is 14.4. The van der Waals surface area contributed by atoms with Crippen LogP contribution in [0, 0.1) is 5.92 Å². The normalized spacial score (nSPS) is 28.4. The average Bonchev–Trinajstić information content (AvgIpc) is 2.98. The Morgan fingerprint density at radius 1 is 1.22 bits per heavy atom. The van der Waals surface area contributed by atoms with E-state index in [9.17, 15) is 13.2 Å². The number of nitrogens with zero attached hydrogens (tertiary/aromatic N) is 2. The minimum atomic E-state index is -3.16. The van der Waals surface area contributed by atoms with Crippen molar-refractivity contribution in [2.24, 2.45) is 5.92 Å². The van der Waals surface area contributed by atoms with Gasteiger partial charge in [0.2, 0.25) is 0 Å². The summed E-state index contributed by atoms with van der Waals surface area (Å²) >= 11 is 0. The maximum absolute atomic E-state index is 12.1. The first-order chi connectivity index (χ1) is 10.8. The number of carbonyl (C=O) groups is 1. The quantitative estimate of drug-likeness (QED) is 0.794. The molecule has 2 aliphatic heterocycles. The fraction of sp³-hybridized carbons (Fsp3) is 0.562. The highest BCUT2D eigenvalue weighted by atomic mass is 32.2. The first kappa shape index (κ1) is 16.4. The van der Waals surface area contributed by atoms with Gasteiger partial charge in [-0.3, -0.25) is 9.69 Å². The molecule has 2 heterocycles. The van der Waals surface area contributed by atoms with Crippen LogP contribution >= 0.6 is 0 Å². The number of carbonyl (C=O) groups excluding carboxylic acids is 1. The lowest BCUT2D eigenvalue weighted by Crippen LogP contribution is -2.36. The first-order valence-electron chi connectivity index (χ1n) is 7.62. The summed E-state index contributed by atoms with van der Waals surface area (Å²) in [6.07, 6.45) is 0.865. The van der Waals surface area contributed by atoms with E-state index in [4.69, 9.17) is 4.74 Å². The van der Waals surface area contributed by atoms with E-state index in [0.717, 1.165) is 25.2 Å². The highest BCUT2D eigenvalue weighted by Crippen LogP contribution is 2.33. The predicted octanol–water partition coefficient (Wildman–Crippen LogP) is 0.378. The van der Waals surface area contributed by atoms with E-state index in [0.29, 0.717) is 4.90 Å². The van der Waals surface area contributed by atoms with E-state index in [2.05, 4.69) is 4.90 Å². The monoisotopic (exact) mass is 338 g/mol. The van der Waals surface area contributed by atoms with Crippen LogP contribution in [0.1, 0.15) is 5.56 Å². The fourth-order valence-electron chi connectivity index (χ4n) is 3.65. The average molecular weight is 338 g/mol. The summed E-state index contributed by atoms with van der Waals surface area (Å²) in [6, 6.07) is 7.20. The van der Waals surface area contributed by atoms with Crippen LogP contribution in [0.25, 0.3) is 0 Å². The zero-order valence-electron chi connectivity index (χ0n) is 13.6. The van der Waals surface area contributed by atoms with Gasteiger partial charge in [0.05, 0.1) is 10.9 Å². The summed E-state index contributed by atoms with van der Waals surface area (Å²) < 4.78 is 28.4. The summed E-state index contributed by atoms with van der Waals surface area (Å²) in [6.45, 7) is 2.38. The predicted molar refractivity (Wildman–Crippen MR) is 85.7 cm³/mol. The standard InChI is InChI=1S/C16H22N2O4S/c1-17-14-10-18(9-13(14)15(22-2)16(17)19)8-11-4-6-12(7-5-11)23(3,20)21/h4-7,13-15H,8-10H2,1-3H3/t13-,14+,15-/m0/s1. The molecule has 2 fully saturated rings. The SMILES string of the molecule is CO[C@@H]1C(=O)N(C)[C@@H]2CN(Cc3ccc(S(C)(=O)=O)cc3)C[C@H]12. The summed E-state index contributed by atoms with van der Waals surface area (Å²) in [5.74, 6) is 0.271. The van der Waals surface area contributed by atoms with E-state index in [1.165, 1.54) is 6.26 Å². The molecule has 2 saturated heterocycles. The van der Waals surface area contributed by atoms with Gasteiger partial charge in [-0.2, -0.15) is 0 Å². The van der Waals surface area contributed by atoms with Crippen LogP contribution in [0.2, 0.25) is 0 Å². The van der Waals surface area contributed by atoms with Crippen LogP contribution in [-0.2, 0) is 25.9 Å². The number of sulfone groups is 1. The number of hydrogen-bond acceptors (Lipinski definition) is 5. The third-order valence-corrected chi connectivity index (χ3v) is 6.03. The maximum Gasteiger partial charge on any atom is 0.252 e. The molecule has 3 rings (SSSR count). The van der Waals surface area contributed by atoms with Crippen LogP contribution < -0.4 is 0 Å². The molecule has 2 aliphatic rings. The molecule has 126 valence electrons. The fourth-order valence-corrected chi connectivity index (χ4v) is 4.28. The van der Waals surface area contributed by atoms with Crippen LogP contribution in [0.3, 0.4) is 0 Å². The van der Waals surface area contributed by atoms with Gasteiger partial charge in [0.25, 0.3) is 5.91 Å². The Hall–Kier alpha value is -1.44. The second-order valence-corrected chi connectivity index (χ2v) is 8.46. The van der Waals surface area contributed by atoms with Crippen LogP contribution in [0.15, 0.2) is 29.2 Å². The Morgan fingerprint density at radius 2 is 1.87 bits per heavy atom. The van der Waals surface area contributed by atoms with Gasteiger partial charge in [-0.25, -0.2) is 8.42 Å². The van der Waals surface area contributed by atoms with Gasteiger partial charge in [0.1, 0.15) is 6.10 Å². The van der Waals surface area contributed by atoms with Crippen molar-refractivity contribution in [3.05, 3.63) is 29.8 Å². The number of likely N-dealkylation sites (tertiary alicyclic amines) is 2. The smallest absolute Gasteiger partial charge is 0.252 e. The van der Waals surface area contributed by atoms with Crippen molar-refractivity contribution in [2.45, 2.75) is 23.6 Å². The lowest BCUT2D eigenvalue weighted by molar-refractivity contribution is -0.136. The van der Waals surface area contributed by atoms with Crippen molar-refractivity contribution < 1.29 is 17.9 Å². The molecular weight excluding hydrogens is 316 g/mol. The lowest BCUT2D eigenvalue weighted by Gasteiger charge is -2.21. The van der Waals surface area contributed by atoms with Crippen molar-refractivity contribution >= 4 is 15.7 Å². The topological polar surface area (TPSA) is 66.9 Å². The molecule has 0 bridgehead atoms. The van der Waals surface area contributed by atoms with E-state index >= 15 is 0 Å². The molecule has 0 aromatic heterocycles. The molecule has 0 saturated carbocycles. The molecule has 0 radical (unpaired) electrons. The third-order valence-electron chi connectivity index (χ3n) is 4.90. The number of amides is 1.